The molecular formula is C24H27N7. The highest BCUT2D eigenvalue weighted by Crippen LogP contribution is 2.37. The number of hydrogen-bond donors (Lipinski definition) is 2. The van der Waals surface area contributed by atoms with Gasteiger partial charge in [0.05, 0.1) is 23.6 Å². The third-order valence-corrected chi connectivity index (χ3v) is 6.70. The highest BCUT2D eigenvalue weighted by Gasteiger charge is 2.20. The number of H-pyrrole nitrogens is 1. The maximum absolute atomic E-state index is 4.64. The maximum atomic E-state index is 4.64. The summed E-state index contributed by atoms with van der Waals surface area (Å²) in [5.41, 5.74) is 5.98. The molecule has 7 nitrogen and oxygen atoms in total. The van der Waals surface area contributed by atoms with Crippen LogP contribution in [0, 0.1) is 0 Å². The fourth-order valence-corrected chi connectivity index (χ4v) is 4.98. The lowest BCUT2D eigenvalue weighted by Crippen LogP contribution is -2.45. The second-order valence-electron chi connectivity index (χ2n) is 8.72. The Labute approximate surface area is 181 Å². The van der Waals surface area contributed by atoms with E-state index in [1.165, 1.54) is 34.7 Å². The number of benzene rings is 1. The SMILES string of the molecule is CN1CCN(c2ncc(Nc3[nH]c4ccc5nccc5c4c4c3CCCC4)cn2)CC1. The molecule has 0 radical (unpaired) electrons. The van der Waals surface area contributed by atoms with Gasteiger partial charge in [-0.3, -0.25) is 4.98 Å². The van der Waals surface area contributed by atoms with Crippen molar-refractivity contribution in [3.8, 4) is 0 Å². The molecule has 2 aliphatic rings. The third kappa shape index (κ3) is 3.29. The maximum Gasteiger partial charge on any atom is 0.225 e. The summed E-state index contributed by atoms with van der Waals surface area (Å²) >= 11 is 0. The summed E-state index contributed by atoms with van der Waals surface area (Å²) < 4.78 is 0. The summed E-state index contributed by atoms with van der Waals surface area (Å²) in [4.78, 5) is 22.0. The fraction of sp³-hybridized carbons (Fsp3) is 0.375. The number of likely N-dealkylation sites (N-methyl/N-ethyl adjacent to an activating group) is 1. The molecule has 4 aromatic rings. The van der Waals surface area contributed by atoms with Crippen LogP contribution in [0.15, 0.2) is 36.8 Å². The molecule has 0 bridgehead atoms. The largest absolute Gasteiger partial charge is 0.341 e. The smallest absolute Gasteiger partial charge is 0.225 e. The molecule has 158 valence electrons. The Morgan fingerprint density at radius 3 is 2.48 bits per heavy atom. The standard InChI is InChI=1S/C24H27N7/c1-30-10-12-31(13-11-30)24-26-14-16(15-27-24)28-23-18-5-3-2-4-17(18)22-19-8-9-25-20(19)6-7-21(22)29-23/h6-9,14-15,28-29H,2-5,10-13H2,1H3. The lowest BCUT2D eigenvalue weighted by Gasteiger charge is -2.32. The number of pyridine rings is 1. The zero-order valence-corrected chi connectivity index (χ0v) is 17.9. The van der Waals surface area contributed by atoms with Gasteiger partial charge in [0.25, 0.3) is 0 Å². The van der Waals surface area contributed by atoms with E-state index in [0.29, 0.717) is 0 Å². The summed E-state index contributed by atoms with van der Waals surface area (Å²) in [6.07, 6.45) is 10.3. The number of aromatic amines is 1. The molecule has 0 saturated carbocycles. The molecule has 0 spiro atoms. The van der Waals surface area contributed by atoms with Gasteiger partial charge in [-0.2, -0.15) is 0 Å². The second kappa shape index (κ2) is 7.50. The van der Waals surface area contributed by atoms with Crippen LogP contribution >= 0.6 is 0 Å². The first-order valence-corrected chi connectivity index (χ1v) is 11.2. The normalized spacial score (nSPS) is 17.3. The number of rotatable bonds is 3. The van der Waals surface area contributed by atoms with Gasteiger partial charge in [0, 0.05) is 48.7 Å². The van der Waals surface area contributed by atoms with Crippen molar-refractivity contribution >= 4 is 39.3 Å². The van der Waals surface area contributed by atoms with E-state index in [1.807, 2.05) is 18.6 Å². The van der Waals surface area contributed by atoms with Crippen LogP contribution in [-0.4, -0.2) is 58.1 Å². The monoisotopic (exact) mass is 413 g/mol. The minimum atomic E-state index is 0.814. The van der Waals surface area contributed by atoms with E-state index >= 15 is 0 Å². The average molecular weight is 414 g/mol. The van der Waals surface area contributed by atoms with Gasteiger partial charge in [-0.25, -0.2) is 9.97 Å². The van der Waals surface area contributed by atoms with Gasteiger partial charge in [0.15, 0.2) is 0 Å². The number of fused-ring (bicyclic) bond motifs is 5. The van der Waals surface area contributed by atoms with E-state index in [-0.39, 0.29) is 0 Å². The van der Waals surface area contributed by atoms with E-state index in [0.717, 1.165) is 67.5 Å². The van der Waals surface area contributed by atoms with Gasteiger partial charge in [-0.05, 0) is 62.1 Å². The Kier molecular flexibility index (Phi) is 4.49. The van der Waals surface area contributed by atoms with Crippen LogP contribution in [0.4, 0.5) is 17.5 Å². The van der Waals surface area contributed by atoms with E-state index in [9.17, 15) is 0 Å². The van der Waals surface area contributed by atoms with Crippen LogP contribution in [0.5, 0.6) is 0 Å². The van der Waals surface area contributed by atoms with E-state index in [4.69, 9.17) is 0 Å². The molecular weight excluding hydrogens is 386 g/mol. The molecule has 1 aromatic carbocycles. The molecule has 4 heterocycles. The number of aromatic nitrogens is 4. The Hall–Kier alpha value is -3.19. The molecule has 1 fully saturated rings. The molecule has 1 aliphatic heterocycles. The van der Waals surface area contributed by atoms with Crippen LogP contribution < -0.4 is 10.2 Å². The number of hydrogen-bond acceptors (Lipinski definition) is 6. The lowest BCUT2D eigenvalue weighted by atomic mass is 9.88. The molecule has 6 rings (SSSR count). The molecule has 1 aliphatic carbocycles. The number of nitrogens with zero attached hydrogens (tertiary/aromatic N) is 5. The molecule has 31 heavy (non-hydrogen) atoms. The van der Waals surface area contributed by atoms with Crippen molar-refractivity contribution in [2.45, 2.75) is 25.7 Å². The van der Waals surface area contributed by atoms with Crippen LogP contribution in [0.1, 0.15) is 24.0 Å². The summed E-state index contributed by atoms with van der Waals surface area (Å²) in [6, 6.07) is 6.39. The Morgan fingerprint density at radius 1 is 0.903 bits per heavy atom. The number of aryl methyl sites for hydroxylation is 1. The summed E-state index contributed by atoms with van der Waals surface area (Å²) in [5, 5.41) is 6.16. The molecule has 0 amide bonds. The summed E-state index contributed by atoms with van der Waals surface area (Å²) in [6.45, 7) is 4.04. The van der Waals surface area contributed by atoms with Crippen molar-refractivity contribution in [1.82, 2.24) is 24.8 Å². The van der Waals surface area contributed by atoms with E-state index in [1.54, 1.807) is 0 Å². The predicted molar refractivity (Wildman–Crippen MR) is 125 cm³/mol. The zero-order chi connectivity index (χ0) is 20.8. The number of piperazine rings is 1. The van der Waals surface area contributed by atoms with E-state index < -0.39 is 0 Å². The first-order chi connectivity index (χ1) is 15.3. The van der Waals surface area contributed by atoms with Gasteiger partial charge in [0.2, 0.25) is 5.95 Å². The van der Waals surface area contributed by atoms with Crippen molar-refractivity contribution in [2.24, 2.45) is 0 Å². The quantitative estimate of drug-likeness (QED) is 0.531. The molecule has 7 heteroatoms. The van der Waals surface area contributed by atoms with Crippen molar-refractivity contribution < 1.29 is 0 Å². The number of nitrogens with one attached hydrogen (secondary N) is 2. The topological polar surface area (TPSA) is 73.0 Å². The minimum Gasteiger partial charge on any atom is -0.341 e. The predicted octanol–water partition coefficient (Wildman–Crippen LogP) is 3.88. The average Bonchev–Trinajstić information content (AvgIpc) is 3.29. The van der Waals surface area contributed by atoms with Gasteiger partial charge in [-0.15, -0.1) is 0 Å². The summed E-state index contributed by atoms with van der Waals surface area (Å²) in [7, 11) is 2.16. The van der Waals surface area contributed by atoms with Gasteiger partial charge >= 0.3 is 0 Å². The summed E-state index contributed by atoms with van der Waals surface area (Å²) in [5.74, 6) is 1.88. The molecule has 2 N–H and O–H groups in total. The molecule has 0 atom stereocenters. The molecule has 0 unspecified atom stereocenters. The van der Waals surface area contributed by atoms with Crippen molar-refractivity contribution in [1.29, 1.82) is 0 Å². The molecule has 3 aromatic heterocycles. The van der Waals surface area contributed by atoms with Crippen molar-refractivity contribution in [3.63, 3.8) is 0 Å². The lowest BCUT2D eigenvalue weighted by molar-refractivity contribution is 0.311. The first kappa shape index (κ1) is 18.6. The minimum absolute atomic E-state index is 0.814. The van der Waals surface area contributed by atoms with Crippen LogP contribution in [0.25, 0.3) is 21.8 Å². The van der Waals surface area contributed by atoms with Gasteiger partial charge in [0.1, 0.15) is 5.82 Å². The van der Waals surface area contributed by atoms with Crippen molar-refractivity contribution in [3.05, 3.63) is 47.9 Å². The molecule has 1 saturated heterocycles. The fourth-order valence-electron chi connectivity index (χ4n) is 4.98. The highest BCUT2D eigenvalue weighted by molar-refractivity contribution is 6.08. The van der Waals surface area contributed by atoms with Gasteiger partial charge in [-0.1, -0.05) is 0 Å². The zero-order valence-electron chi connectivity index (χ0n) is 17.9. The van der Waals surface area contributed by atoms with Crippen LogP contribution in [-0.2, 0) is 12.8 Å². The van der Waals surface area contributed by atoms with Crippen molar-refractivity contribution in [2.75, 3.05) is 43.4 Å². The van der Waals surface area contributed by atoms with Crippen LogP contribution in [0.2, 0.25) is 0 Å². The Morgan fingerprint density at radius 2 is 1.68 bits per heavy atom. The number of anilines is 3. The third-order valence-electron chi connectivity index (χ3n) is 6.70. The van der Waals surface area contributed by atoms with E-state index in [2.05, 4.69) is 60.3 Å². The van der Waals surface area contributed by atoms with Gasteiger partial charge < -0.3 is 20.1 Å². The van der Waals surface area contributed by atoms with Crippen LogP contribution in [0.3, 0.4) is 0 Å². The Bertz CT molecular complexity index is 1240. The Balaban J connectivity index is 1.35. The highest BCUT2D eigenvalue weighted by atomic mass is 15.3. The second-order valence-corrected chi connectivity index (χ2v) is 8.72. The first-order valence-electron chi connectivity index (χ1n) is 11.2.